The molecule has 0 bridgehead atoms. The molecule has 2 fully saturated rings. The second-order valence-corrected chi connectivity index (χ2v) is 11.4. The highest BCUT2D eigenvalue weighted by Crippen LogP contribution is 2.55. The number of hydrogen-bond donors (Lipinski definition) is 0. The molecule has 0 unspecified atom stereocenters. The van der Waals surface area contributed by atoms with Crippen molar-refractivity contribution in [2.45, 2.75) is 57.9 Å². The Morgan fingerprint density at radius 3 is 2.50 bits per heavy atom. The van der Waals surface area contributed by atoms with Gasteiger partial charge in [0.15, 0.2) is 0 Å². The summed E-state index contributed by atoms with van der Waals surface area (Å²) >= 11 is 0. The summed E-state index contributed by atoms with van der Waals surface area (Å²) in [6.07, 6.45) is 4.37. The molecule has 0 N–H and O–H groups in total. The summed E-state index contributed by atoms with van der Waals surface area (Å²) in [5.41, 5.74) is 12.7. The normalized spacial score (nSPS) is 21.7. The molecule has 0 saturated carbocycles. The molecule has 4 heteroatoms. The summed E-state index contributed by atoms with van der Waals surface area (Å²) in [5.74, 6) is 0. The van der Waals surface area contributed by atoms with Crippen molar-refractivity contribution in [3.05, 3.63) is 75.9 Å². The SMILES string of the molecule is C=C1C2=C(Cc3cc(C#N)ccc32)C(C)(C)c2cc(N3CCC(N4CCOCC4)CC3)c(CC)cc21. The minimum absolute atomic E-state index is 0.0785. The average Bonchev–Trinajstić information content (AvgIpc) is 3.32. The van der Waals surface area contributed by atoms with Crippen molar-refractivity contribution in [2.75, 3.05) is 44.3 Å². The van der Waals surface area contributed by atoms with Crippen LogP contribution in [0.15, 0.2) is 42.5 Å². The number of allylic oxidation sites excluding steroid dienone is 3. The zero-order valence-corrected chi connectivity index (χ0v) is 22.0. The number of benzene rings is 2. The van der Waals surface area contributed by atoms with Gasteiger partial charge in [0.05, 0.1) is 24.8 Å². The van der Waals surface area contributed by atoms with E-state index in [1.165, 1.54) is 57.5 Å². The van der Waals surface area contributed by atoms with Crippen LogP contribution in [0, 0.1) is 11.3 Å². The standard InChI is InChI=1S/C32H37N3O/c1-5-23-17-27-21(2)31-26-7-6-22(20-33)16-24(26)18-29(31)32(3,4)28(27)19-30(23)35-10-8-25(9-11-35)34-12-14-36-15-13-34/h6-7,16-17,19,25H,2,5,8-15,18H2,1,3-4H3. The molecule has 0 spiro atoms. The second kappa shape index (κ2) is 8.91. The van der Waals surface area contributed by atoms with Crippen molar-refractivity contribution in [1.29, 1.82) is 5.26 Å². The van der Waals surface area contributed by atoms with Crippen molar-refractivity contribution in [3.63, 3.8) is 0 Å². The van der Waals surface area contributed by atoms with Crippen LogP contribution in [0.5, 0.6) is 0 Å². The minimum atomic E-state index is -0.0785. The van der Waals surface area contributed by atoms with E-state index in [9.17, 15) is 5.26 Å². The molecule has 4 aliphatic rings. The molecule has 0 amide bonds. The maximum atomic E-state index is 9.43. The second-order valence-electron chi connectivity index (χ2n) is 11.4. The van der Waals surface area contributed by atoms with Crippen LogP contribution in [-0.2, 0) is 23.0 Å². The molecule has 0 radical (unpaired) electrons. The highest BCUT2D eigenvalue weighted by atomic mass is 16.5. The molecular formula is C32H37N3O. The molecular weight excluding hydrogens is 442 g/mol. The lowest BCUT2D eigenvalue weighted by Crippen LogP contribution is -2.49. The van der Waals surface area contributed by atoms with Gasteiger partial charge in [-0.05, 0) is 94.5 Å². The molecule has 2 aliphatic carbocycles. The predicted octanol–water partition coefficient (Wildman–Crippen LogP) is 5.74. The lowest BCUT2D eigenvalue weighted by molar-refractivity contribution is 0.0115. The van der Waals surface area contributed by atoms with E-state index in [-0.39, 0.29) is 5.41 Å². The van der Waals surface area contributed by atoms with Crippen molar-refractivity contribution in [2.24, 2.45) is 0 Å². The largest absolute Gasteiger partial charge is 0.379 e. The zero-order chi connectivity index (χ0) is 25.0. The van der Waals surface area contributed by atoms with Gasteiger partial charge in [0.2, 0.25) is 0 Å². The van der Waals surface area contributed by atoms with Gasteiger partial charge in [-0.2, -0.15) is 5.26 Å². The molecule has 0 aromatic heterocycles. The van der Waals surface area contributed by atoms with Crippen molar-refractivity contribution >= 4 is 16.8 Å². The number of fused-ring (bicyclic) bond motifs is 3. The maximum Gasteiger partial charge on any atom is 0.0991 e. The van der Waals surface area contributed by atoms with E-state index in [1.807, 2.05) is 6.07 Å². The first kappa shape index (κ1) is 23.5. The van der Waals surface area contributed by atoms with Gasteiger partial charge >= 0.3 is 0 Å². The monoisotopic (exact) mass is 479 g/mol. The molecule has 6 rings (SSSR count). The van der Waals surface area contributed by atoms with Gasteiger partial charge in [0, 0.05) is 43.3 Å². The van der Waals surface area contributed by atoms with E-state index in [0.717, 1.165) is 63.4 Å². The number of morpholine rings is 1. The average molecular weight is 480 g/mol. The summed E-state index contributed by atoms with van der Waals surface area (Å²) in [4.78, 5) is 5.28. The molecule has 36 heavy (non-hydrogen) atoms. The summed E-state index contributed by atoms with van der Waals surface area (Å²) in [6.45, 7) is 17.8. The number of nitriles is 1. The quantitative estimate of drug-likeness (QED) is 0.563. The number of rotatable bonds is 3. The van der Waals surface area contributed by atoms with Gasteiger partial charge < -0.3 is 9.64 Å². The summed E-state index contributed by atoms with van der Waals surface area (Å²) in [5, 5.41) is 9.43. The van der Waals surface area contributed by atoms with Crippen molar-refractivity contribution < 1.29 is 4.74 Å². The third-order valence-electron chi connectivity index (χ3n) is 9.19. The fraction of sp³-hybridized carbons (Fsp3) is 0.469. The van der Waals surface area contributed by atoms with Crippen molar-refractivity contribution in [1.82, 2.24) is 4.90 Å². The van der Waals surface area contributed by atoms with Gasteiger partial charge in [-0.1, -0.05) is 33.4 Å². The van der Waals surface area contributed by atoms with Gasteiger partial charge in [-0.25, -0.2) is 0 Å². The Morgan fingerprint density at radius 2 is 1.81 bits per heavy atom. The molecule has 0 atom stereocenters. The molecule has 2 aromatic rings. The number of nitrogens with zero attached hydrogens (tertiary/aromatic N) is 3. The number of ether oxygens (including phenoxy) is 1. The third kappa shape index (κ3) is 3.64. The zero-order valence-electron chi connectivity index (χ0n) is 22.0. The number of hydrogen-bond acceptors (Lipinski definition) is 4. The fourth-order valence-electron chi connectivity index (χ4n) is 7.06. The first-order valence-electron chi connectivity index (χ1n) is 13.6. The van der Waals surface area contributed by atoms with Crippen LogP contribution < -0.4 is 4.90 Å². The van der Waals surface area contributed by atoms with Crippen LogP contribution in [-0.4, -0.2) is 50.3 Å². The van der Waals surface area contributed by atoms with Crippen LogP contribution in [0.25, 0.3) is 11.1 Å². The van der Waals surface area contributed by atoms with Gasteiger partial charge in [0.25, 0.3) is 0 Å². The van der Waals surface area contributed by atoms with Gasteiger partial charge in [-0.15, -0.1) is 0 Å². The Morgan fingerprint density at radius 1 is 1.06 bits per heavy atom. The van der Waals surface area contributed by atoms with Crippen molar-refractivity contribution in [3.8, 4) is 6.07 Å². The van der Waals surface area contributed by atoms with Gasteiger partial charge in [0.1, 0.15) is 0 Å². The summed E-state index contributed by atoms with van der Waals surface area (Å²) < 4.78 is 5.58. The summed E-state index contributed by atoms with van der Waals surface area (Å²) in [6, 6.07) is 14.1. The van der Waals surface area contributed by atoms with Gasteiger partial charge in [-0.3, -0.25) is 4.90 Å². The van der Waals surface area contributed by atoms with Crippen LogP contribution in [0.2, 0.25) is 0 Å². The van der Waals surface area contributed by atoms with Crippen LogP contribution in [0.3, 0.4) is 0 Å². The Kier molecular flexibility index (Phi) is 5.82. The predicted molar refractivity (Wildman–Crippen MR) is 147 cm³/mol. The molecule has 2 heterocycles. The molecule has 2 aromatic carbocycles. The molecule has 2 aliphatic heterocycles. The lowest BCUT2D eigenvalue weighted by atomic mass is 9.67. The molecule has 4 nitrogen and oxygen atoms in total. The number of anilines is 1. The minimum Gasteiger partial charge on any atom is -0.379 e. The molecule has 186 valence electrons. The maximum absolute atomic E-state index is 9.43. The van der Waals surface area contributed by atoms with E-state index in [1.54, 1.807) is 0 Å². The molecule has 2 saturated heterocycles. The Hall–Kier alpha value is -2.87. The topological polar surface area (TPSA) is 39.5 Å². The van der Waals surface area contributed by atoms with E-state index in [4.69, 9.17) is 4.74 Å². The van der Waals surface area contributed by atoms with E-state index in [0.29, 0.717) is 6.04 Å². The number of aryl methyl sites for hydroxylation is 1. The van der Waals surface area contributed by atoms with E-state index < -0.39 is 0 Å². The van der Waals surface area contributed by atoms with E-state index >= 15 is 0 Å². The highest BCUT2D eigenvalue weighted by molar-refractivity contribution is 6.11. The third-order valence-corrected chi connectivity index (χ3v) is 9.19. The first-order chi connectivity index (χ1) is 17.4. The van der Waals surface area contributed by atoms with E-state index in [2.05, 4.69) is 67.5 Å². The lowest BCUT2D eigenvalue weighted by Gasteiger charge is -2.42. The van der Waals surface area contributed by atoms with Crippen LogP contribution >= 0.6 is 0 Å². The van der Waals surface area contributed by atoms with Crippen LogP contribution in [0.4, 0.5) is 5.69 Å². The smallest absolute Gasteiger partial charge is 0.0991 e. The summed E-state index contributed by atoms with van der Waals surface area (Å²) in [7, 11) is 0. The first-order valence-corrected chi connectivity index (χ1v) is 13.6. The number of piperidine rings is 1. The Labute approximate surface area is 215 Å². The highest BCUT2D eigenvalue weighted by Gasteiger charge is 2.41. The Bertz CT molecular complexity index is 1300. The Balaban J connectivity index is 1.33. The van der Waals surface area contributed by atoms with Crippen LogP contribution in [0.1, 0.15) is 67.0 Å². The fourth-order valence-corrected chi connectivity index (χ4v) is 7.06.